The predicted molar refractivity (Wildman–Crippen MR) is 196 cm³/mol. The van der Waals surface area contributed by atoms with Crippen molar-refractivity contribution in [1.29, 1.82) is 0 Å². The Morgan fingerprint density at radius 2 is 0.783 bits per heavy atom. The maximum absolute atomic E-state index is 2.45. The maximum atomic E-state index is 2.45. The van der Waals surface area contributed by atoms with Gasteiger partial charge in [0.25, 0.3) is 0 Å². The lowest BCUT2D eigenvalue weighted by Gasteiger charge is -2.11. The molecule has 10 aromatic rings. The number of rotatable bonds is 3. The van der Waals surface area contributed by atoms with Crippen LogP contribution in [0.15, 0.2) is 170 Å². The highest BCUT2D eigenvalue weighted by Crippen LogP contribution is 2.43. The largest absolute Gasteiger partial charge is 0.309 e. The van der Waals surface area contributed by atoms with Crippen LogP contribution in [0.3, 0.4) is 0 Å². The zero-order valence-electron chi connectivity index (χ0n) is 25.1. The van der Waals surface area contributed by atoms with Crippen LogP contribution in [0.25, 0.3) is 87.7 Å². The molecule has 0 atom stereocenters. The molecule has 0 aliphatic heterocycles. The minimum Gasteiger partial charge on any atom is -0.309 e. The van der Waals surface area contributed by atoms with Gasteiger partial charge in [-0.3, -0.25) is 0 Å². The highest BCUT2D eigenvalue weighted by molar-refractivity contribution is 6.29. The van der Waals surface area contributed by atoms with Crippen molar-refractivity contribution in [3.8, 4) is 22.5 Å². The topological polar surface area (TPSA) is 9.86 Å². The second-order valence-electron chi connectivity index (χ2n) is 12.2. The number of fused-ring (bicyclic) bond motifs is 9. The summed E-state index contributed by atoms with van der Waals surface area (Å²) in [5.74, 6) is 0. The van der Waals surface area contributed by atoms with Crippen molar-refractivity contribution in [3.05, 3.63) is 170 Å². The fourth-order valence-corrected chi connectivity index (χ4v) is 7.57. The van der Waals surface area contributed by atoms with Crippen LogP contribution < -0.4 is 0 Å². The van der Waals surface area contributed by atoms with Gasteiger partial charge in [-0.1, -0.05) is 115 Å². The minimum atomic E-state index is 1.17. The standard InChI is InChI=1S/C44H28N2/c1-2-10-29(11-3-1)34-20-23-40-38(28-34)44-42(46(40)36-22-19-31-13-5-7-15-33(31)27-36)25-24-41-43(44)37-16-8-9-17-39(37)45(41)35-21-18-30-12-4-6-14-32(30)26-35/h1-28H. The summed E-state index contributed by atoms with van der Waals surface area (Å²) >= 11 is 0. The number of para-hydroxylation sites is 1. The number of hydrogen-bond donors (Lipinski definition) is 0. The third kappa shape index (κ3) is 3.65. The Morgan fingerprint density at radius 3 is 1.43 bits per heavy atom. The van der Waals surface area contributed by atoms with E-state index in [1.165, 1.54) is 87.7 Å². The summed E-state index contributed by atoms with van der Waals surface area (Å²) in [6.45, 7) is 0. The lowest BCUT2D eigenvalue weighted by Crippen LogP contribution is -1.95. The summed E-state index contributed by atoms with van der Waals surface area (Å²) in [6.07, 6.45) is 0. The zero-order chi connectivity index (χ0) is 30.2. The molecule has 2 nitrogen and oxygen atoms in total. The first-order valence-electron chi connectivity index (χ1n) is 15.9. The molecular formula is C44H28N2. The first-order valence-corrected chi connectivity index (χ1v) is 15.9. The highest BCUT2D eigenvalue weighted by Gasteiger charge is 2.21. The normalized spacial score (nSPS) is 11.9. The van der Waals surface area contributed by atoms with Crippen LogP contribution in [0, 0.1) is 0 Å². The van der Waals surface area contributed by atoms with E-state index < -0.39 is 0 Å². The Bertz CT molecular complexity index is 2800. The second-order valence-corrected chi connectivity index (χ2v) is 12.2. The lowest BCUT2D eigenvalue weighted by molar-refractivity contribution is 1.18. The predicted octanol–water partition coefficient (Wildman–Crippen LogP) is 11.9. The molecule has 0 aliphatic rings. The van der Waals surface area contributed by atoms with Crippen LogP contribution in [0.1, 0.15) is 0 Å². The van der Waals surface area contributed by atoms with Gasteiger partial charge in [-0.05, 0) is 87.3 Å². The van der Waals surface area contributed by atoms with Gasteiger partial charge in [-0.15, -0.1) is 0 Å². The third-order valence-corrected chi connectivity index (χ3v) is 9.65. The van der Waals surface area contributed by atoms with Crippen molar-refractivity contribution in [2.75, 3.05) is 0 Å². The summed E-state index contributed by atoms with van der Waals surface area (Å²) in [6, 6.07) is 62.1. The molecule has 0 N–H and O–H groups in total. The molecule has 214 valence electrons. The Kier molecular flexibility index (Phi) is 5.31. The Labute approximate surface area is 266 Å². The number of aromatic nitrogens is 2. The first kappa shape index (κ1) is 25.2. The smallest absolute Gasteiger partial charge is 0.0548 e. The van der Waals surface area contributed by atoms with Crippen LogP contribution in [0.5, 0.6) is 0 Å². The molecular weight excluding hydrogens is 556 g/mol. The first-order chi connectivity index (χ1) is 22.8. The number of benzene rings is 8. The van der Waals surface area contributed by atoms with Crippen molar-refractivity contribution in [1.82, 2.24) is 9.13 Å². The monoisotopic (exact) mass is 584 g/mol. The van der Waals surface area contributed by atoms with E-state index in [9.17, 15) is 0 Å². The van der Waals surface area contributed by atoms with Gasteiger partial charge < -0.3 is 9.13 Å². The third-order valence-electron chi connectivity index (χ3n) is 9.65. The molecule has 10 rings (SSSR count). The van der Waals surface area contributed by atoms with Gasteiger partial charge in [0.05, 0.1) is 22.1 Å². The molecule has 0 saturated heterocycles. The molecule has 0 spiro atoms. The van der Waals surface area contributed by atoms with Gasteiger partial charge in [0.2, 0.25) is 0 Å². The Morgan fingerprint density at radius 1 is 0.283 bits per heavy atom. The van der Waals surface area contributed by atoms with E-state index in [2.05, 4.69) is 179 Å². The summed E-state index contributed by atoms with van der Waals surface area (Å²) < 4.78 is 4.89. The van der Waals surface area contributed by atoms with Gasteiger partial charge in [0, 0.05) is 32.9 Å². The number of hydrogen-bond acceptors (Lipinski definition) is 0. The minimum absolute atomic E-state index is 1.17. The quantitative estimate of drug-likeness (QED) is 0.195. The second kappa shape index (κ2) is 9.69. The Balaban J connectivity index is 1.36. The van der Waals surface area contributed by atoms with E-state index in [1.807, 2.05) is 0 Å². The zero-order valence-corrected chi connectivity index (χ0v) is 25.1. The molecule has 0 amide bonds. The van der Waals surface area contributed by atoms with E-state index in [0.717, 1.165) is 0 Å². The van der Waals surface area contributed by atoms with Gasteiger partial charge in [0.15, 0.2) is 0 Å². The Hall–Kier alpha value is -6.12. The van der Waals surface area contributed by atoms with Crippen molar-refractivity contribution < 1.29 is 0 Å². The SMILES string of the molecule is c1ccc(-c2ccc3c(c2)c2c4c5ccccc5n(-c5ccc6ccccc6c5)c4ccc2n3-c2ccc3ccccc3c2)cc1. The number of nitrogens with zero attached hydrogens (tertiary/aromatic N) is 2. The van der Waals surface area contributed by atoms with E-state index in [1.54, 1.807) is 0 Å². The summed E-state index contributed by atoms with van der Waals surface area (Å²) in [5, 5.41) is 10.1. The highest BCUT2D eigenvalue weighted by atomic mass is 15.0. The van der Waals surface area contributed by atoms with Gasteiger partial charge in [-0.2, -0.15) is 0 Å². The van der Waals surface area contributed by atoms with Crippen LogP contribution in [0.2, 0.25) is 0 Å². The van der Waals surface area contributed by atoms with E-state index >= 15 is 0 Å². The van der Waals surface area contributed by atoms with Crippen LogP contribution in [-0.2, 0) is 0 Å². The molecule has 2 heterocycles. The average molecular weight is 585 g/mol. The summed E-state index contributed by atoms with van der Waals surface area (Å²) in [7, 11) is 0. The van der Waals surface area contributed by atoms with Crippen molar-refractivity contribution >= 4 is 65.2 Å². The van der Waals surface area contributed by atoms with Crippen LogP contribution in [-0.4, -0.2) is 9.13 Å². The molecule has 0 unspecified atom stereocenters. The van der Waals surface area contributed by atoms with E-state index in [0.29, 0.717) is 0 Å². The van der Waals surface area contributed by atoms with Gasteiger partial charge in [-0.25, -0.2) is 0 Å². The fourth-order valence-electron chi connectivity index (χ4n) is 7.57. The van der Waals surface area contributed by atoms with Crippen LogP contribution in [0.4, 0.5) is 0 Å². The van der Waals surface area contributed by atoms with Crippen LogP contribution >= 0.6 is 0 Å². The molecule has 0 radical (unpaired) electrons. The molecule has 0 saturated carbocycles. The van der Waals surface area contributed by atoms with E-state index in [4.69, 9.17) is 0 Å². The molecule has 46 heavy (non-hydrogen) atoms. The molecule has 2 aromatic heterocycles. The van der Waals surface area contributed by atoms with Crippen molar-refractivity contribution in [2.24, 2.45) is 0 Å². The molecule has 8 aromatic carbocycles. The molecule has 2 heteroatoms. The molecule has 0 fully saturated rings. The fraction of sp³-hybridized carbons (Fsp3) is 0. The van der Waals surface area contributed by atoms with Gasteiger partial charge >= 0.3 is 0 Å². The maximum Gasteiger partial charge on any atom is 0.0548 e. The van der Waals surface area contributed by atoms with Crippen molar-refractivity contribution in [3.63, 3.8) is 0 Å². The van der Waals surface area contributed by atoms with Gasteiger partial charge in [0.1, 0.15) is 0 Å². The van der Waals surface area contributed by atoms with E-state index in [-0.39, 0.29) is 0 Å². The lowest BCUT2D eigenvalue weighted by atomic mass is 10.0. The summed E-state index contributed by atoms with van der Waals surface area (Å²) in [4.78, 5) is 0. The summed E-state index contributed by atoms with van der Waals surface area (Å²) in [5.41, 5.74) is 9.64. The average Bonchev–Trinajstić information content (AvgIpc) is 3.64. The molecule has 0 aliphatic carbocycles. The van der Waals surface area contributed by atoms with Crippen molar-refractivity contribution in [2.45, 2.75) is 0 Å². The molecule has 0 bridgehead atoms.